The zero-order valence-electron chi connectivity index (χ0n) is 28.7. The van der Waals surface area contributed by atoms with E-state index in [0.29, 0.717) is 33.4 Å². The van der Waals surface area contributed by atoms with Crippen molar-refractivity contribution in [3.63, 3.8) is 0 Å². The zero-order valence-corrected chi connectivity index (χ0v) is 33.4. The van der Waals surface area contributed by atoms with Gasteiger partial charge in [0.1, 0.15) is 32.7 Å². The lowest BCUT2D eigenvalue weighted by atomic mass is 10.0. The lowest BCUT2D eigenvalue weighted by molar-refractivity contribution is 0.423. The molecule has 4 heterocycles. The molecule has 6 rings (SSSR count). The first kappa shape index (κ1) is 39.7. The van der Waals surface area contributed by atoms with Gasteiger partial charge in [0.2, 0.25) is 0 Å². The third-order valence-corrected chi connectivity index (χ3v) is 14.1. The van der Waals surface area contributed by atoms with E-state index in [9.17, 15) is 16.8 Å². The maximum absolute atomic E-state index is 12.7. The average Bonchev–Trinajstić information content (AvgIpc) is 3.93. The van der Waals surface area contributed by atoms with E-state index >= 15 is 0 Å². The Balaban J connectivity index is 0.000000201. The van der Waals surface area contributed by atoms with E-state index in [-0.39, 0.29) is 20.3 Å². The summed E-state index contributed by atoms with van der Waals surface area (Å²) in [5.41, 5.74) is 2.13. The molecule has 12 nitrogen and oxygen atoms in total. The molecular formula is C34H38Cl2N8O4S4. The number of hydrogen-bond acceptors (Lipinski definition) is 10. The molecular weight excluding hydrogens is 784 g/mol. The van der Waals surface area contributed by atoms with E-state index in [1.165, 1.54) is 24.8 Å². The molecule has 2 N–H and O–H groups in total. The molecule has 0 aliphatic heterocycles. The zero-order chi connectivity index (χ0) is 37.5. The van der Waals surface area contributed by atoms with Crippen molar-refractivity contribution in [2.24, 2.45) is 11.8 Å². The largest absolute Gasteiger partial charge is 0.250 e. The first-order chi connectivity index (χ1) is 24.7. The first-order valence-electron chi connectivity index (χ1n) is 16.1. The Morgan fingerprint density at radius 3 is 1.27 bits per heavy atom. The van der Waals surface area contributed by atoms with Crippen LogP contribution in [-0.4, -0.2) is 46.4 Å². The van der Waals surface area contributed by atoms with E-state index in [4.69, 9.17) is 23.2 Å². The van der Waals surface area contributed by atoms with Crippen molar-refractivity contribution in [3.05, 3.63) is 129 Å². The minimum absolute atomic E-state index is 0.0149. The number of rotatable bonds is 14. The molecule has 276 valence electrons. The predicted molar refractivity (Wildman–Crippen MR) is 206 cm³/mol. The van der Waals surface area contributed by atoms with Crippen molar-refractivity contribution < 1.29 is 16.8 Å². The van der Waals surface area contributed by atoms with E-state index < -0.39 is 32.1 Å². The Bertz CT molecular complexity index is 2100. The monoisotopic (exact) mass is 820 g/mol. The van der Waals surface area contributed by atoms with Gasteiger partial charge in [0, 0.05) is 0 Å². The molecule has 18 heteroatoms. The summed E-state index contributed by atoms with van der Waals surface area (Å²) in [5.74, 6) is 1.13. The van der Waals surface area contributed by atoms with Crippen molar-refractivity contribution in [2.75, 3.05) is 0 Å². The Morgan fingerprint density at radius 1 is 0.596 bits per heavy atom. The van der Waals surface area contributed by atoms with Crippen molar-refractivity contribution >= 4 is 65.9 Å². The van der Waals surface area contributed by atoms with Crippen molar-refractivity contribution in [3.8, 4) is 0 Å². The lowest BCUT2D eigenvalue weighted by Crippen LogP contribution is -2.33. The molecule has 0 spiro atoms. The Kier molecular flexibility index (Phi) is 13.4. The molecule has 52 heavy (non-hydrogen) atoms. The van der Waals surface area contributed by atoms with Crippen LogP contribution < -0.4 is 9.44 Å². The Morgan fingerprint density at radius 2 is 0.962 bits per heavy atom. The van der Waals surface area contributed by atoms with Crippen LogP contribution in [0.25, 0.3) is 0 Å². The maximum atomic E-state index is 12.7. The summed E-state index contributed by atoms with van der Waals surface area (Å²) in [6.45, 7) is 8.80. The summed E-state index contributed by atoms with van der Waals surface area (Å²) in [7, 11) is -7.39. The molecule has 2 atom stereocenters. The van der Waals surface area contributed by atoms with Gasteiger partial charge >= 0.3 is 0 Å². The molecule has 2 unspecified atom stereocenters. The third kappa shape index (κ3) is 10.3. The van der Waals surface area contributed by atoms with Gasteiger partial charge in [0.05, 0.1) is 33.8 Å². The molecule has 0 aliphatic carbocycles. The van der Waals surface area contributed by atoms with Crippen LogP contribution in [-0.2, 0) is 33.1 Å². The van der Waals surface area contributed by atoms with Gasteiger partial charge in [-0.05, 0) is 47.2 Å². The molecule has 0 aliphatic rings. The van der Waals surface area contributed by atoms with Crippen LogP contribution in [0.5, 0.6) is 0 Å². The van der Waals surface area contributed by atoms with E-state index in [2.05, 4.69) is 29.6 Å². The molecule has 0 amide bonds. The predicted octanol–water partition coefficient (Wildman–Crippen LogP) is 7.43. The summed E-state index contributed by atoms with van der Waals surface area (Å²) in [4.78, 5) is 8.64. The fourth-order valence-electron chi connectivity index (χ4n) is 5.09. The average molecular weight is 822 g/mol. The van der Waals surface area contributed by atoms with Gasteiger partial charge in [0.15, 0.2) is 0 Å². The molecule has 2 aromatic carbocycles. The number of thiophene rings is 2. The minimum Gasteiger partial charge on any atom is -0.244 e. The SMILES string of the molecule is CC(C)C(NS(=O)(=O)c1ccc(Cl)s1)c1ncnn1Cc1ccccc1.CC(C)C(NS(=O)(=O)c1ccc(Cl)s1)c1ncnn1Cc1ccccc1. The standard InChI is InChI=1S/2C17H19ClN4O2S2/c2*1-12(2)16(21-26(23,24)15-9-8-14(18)25-15)17-19-11-20-22(17)10-13-6-4-3-5-7-13/h2*3-9,11-12,16,21H,10H2,1-2H3. The van der Waals surface area contributed by atoms with Gasteiger partial charge in [-0.3, -0.25) is 0 Å². The lowest BCUT2D eigenvalue weighted by Gasteiger charge is -2.22. The number of halogens is 2. The van der Waals surface area contributed by atoms with Crippen LogP contribution in [0, 0.1) is 11.8 Å². The summed E-state index contributed by atoms with van der Waals surface area (Å²) in [6.07, 6.45) is 2.90. The summed E-state index contributed by atoms with van der Waals surface area (Å²) < 4.78 is 61.0. The minimum atomic E-state index is -3.70. The first-order valence-corrected chi connectivity index (χ1v) is 21.5. The van der Waals surface area contributed by atoms with Gasteiger partial charge < -0.3 is 0 Å². The Labute approximate surface area is 322 Å². The van der Waals surface area contributed by atoms with Crippen LogP contribution in [0.2, 0.25) is 8.67 Å². The fraction of sp³-hybridized carbons (Fsp3) is 0.294. The molecule has 0 saturated carbocycles. The van der Waals surface area contributed by atoms with Crippen LogP contribution in [0.15, 0.2) is 106 Å². The van der Waals surface area contributed by atoms with Gasteiger partial charge in [-0.25, -0.2) is 36.2 Å². The molecule has 4 aromatic heterocycles. The van der Waals surface area contributed by atoms with Crippen molar-refractivity contribution in [1.29, 1.82) is 0 Å². The Hall–Kier alpha value is -3.48. The second-order valence-electron chi connectivity index (χ2n) is 12.3. The molecule has 6 aromatic rings. The number of hydrogen-bond donors (Lipinski definition) is 2. The van der Waals surface area contributed by atoms with E-state index in [1.54, 1.807) is 21.5 Å². The molecule has 0 fully saturated rings. The third-order valence-electron chi connectivity index (χ3n) is 7.72. The van der Waals surface area contributed by atoms with Crippen molar-refractivity contribution in [2.45, 2.75) is 61.3 Å². The normalized spacial score (nSPS) is 13.2. The molecule has 0 radical (unpaired) electrons. The van der Waals surface area contributed by atoms with E-state index in [1.807, 2.05) is 88.4 Å². The highest BCUT2D eigenvalue weighted by Crippen LogP contribution is 2.30. The fourth-order valence-corrected chi connectivity index (χ4v) is 10.8. The van der Waals surface area contributed by atoms with E-state index in [0.717, 1.165) is 33.8 Å². The second kappa shape index (κ2) is 17.6. The quantitative estimate of drug-likeness (QED) is 0.115. The van der Waals surface area contributed by atoms with Crippen LogP contribution in [0.3, 0.4) is 0 Å². The summed E-state index contributed by atoms with van der Waals surface area (Å²) >= 11 is 13.8. The second-order valence-corrected chi connectivity index (χ2v) is 19.6. The smallest absolute Gasteiger partial charge is 0.244 e. The van der Waals surface area contributed by atoms with Crippen LogP contribution in [0.4, 0.5) is 0 Å². The highest BCUT2D eigenvalue weighted by atomic mass is 35.5. The maximum Gasteiger partial charge on any atom is 0.250 e. The number of benzene rings is 2. The van der Waals surface area contributed by atoms with Gasteiger partial charge in [-0.15, -0.1) is 22.7 Å². The number of nitrogens with one attached hydrogen (secondary N) is 2. The van der Waals surface area contributed by atoms with Gasteiger partial charge in [0.25, 0.3) is 20.0 Å². The summed E-state index contributed by atoms with van der Waals surface area (Å²) in [6, 6.07) is 24.8. The summed E-state index contributed by atoms with van der Waals surface area (Å²) in [5, 5.41) is 8.55. The molecule has 0 saturated heterocycles. The molecule has 0 bridgehead atoms. The van der Waals surface area contributed by atoms with Crippen LogP contribution in [0.1, 0.15) is 62.6 Å². The number of aromatic nitrogens is 6. The highest BCUT2D eigenvalue weighted by molar-refractivity contribution is 7.92. The van der Waals surface area contributed by atoms with Gasteiger partial charge in [-0.2, -0.15) is 19.6 Å². The topological polar surface area (TPSA) is 154 Å². The van der Waals surface area contributed by atoms with Crippen molar-refractivity contribution in [1.82, 2.24) is 39.0 Å². The van der Waals surface area contributed by atoms with Gasteiger partial charge in [-0.1, -0.05) is 112 Å². The highest BCUT2D eigenvalue weighted by Gasteiger charge is 2.30. The number of sulfonamides is 2. The van der Waals surface area contributed by atoms with Crippen LogP contribution >= 0.6 is 45.9 Å². The number of nitrogens with zero attached hydrogens (tertiary/aromatic N) is 6.